The van der Waals surface area contributed by atoms with Gasteiger partial charge in [-0.2, -0.15) is 4.31 Å². The van der Waals surface area contributed by atoms with E-state index in [9.17, 15) is 13.2 Å². The van der Waals surface area contributed by atoms with Crippen molar-refractivity contribution in [3.05, 3.63) is 59.2 Å². The molecule has 1 aliphatic heterocycles. The van der Waals surface area contributed by atoms with Gasteiger partial charge in [0.25, 0.3) is 0 Å². The van der Waals surface area contributed by atoms with Crippen LogP contribution in [0.1, 0.15) is 16.7 Å². The number of ether oxygens (including phenoxy) is 2. The molecule has 1 N–H and O–H groups in total. The molecule has 0 fully saturated rings. The van der Waals surface area contributed by atoms with Crippen LogP contribution in [0.25, 0.3) is 0 Å². The Morgan fingerprint density at radius 2 is 1.74 bits per heavy atom. The molecule has 8 heteroatoms. The lowest BCUT2D eigenvalue weighted by molar-refractivity contribution is -0.121. The number of carbonyl (C=O) groups is 1. The first kappa shape index (κ1) is 19.2. The van der Waals surface area contributed by atoms with E-state index in [0.717, 1.165) is 27.3 Å². The fourth-order valence-corrected chi connectivity index (χ4v) is 3.39. The number of nitrogens with zero attached hydrogens (tertiary/aromatic N) is 1. The van der Waals surface area contributed by atoms with Gasteiger partial charge in [0.1, 0.15) is 0 Å². The third-order valence-corrected chi connectivity index (χ3v) is 5.39. The Morgan fingerprint density at radius 1 is 1.07 bits per heavy atom. The SMILES string of the molecule is Cc1ccc(CNC(=O)CN(Cc2ccc3c(c2)OCO3)S(C)(=O)=O)cc1. The summed E-state index contributed by atoms with van der Waals surface area (Å²) in [5.41, 5.74) is 2.81. The van der Waals surface area contributed by atoms with Gasteiger partial charge in [-0.3, -0.25) is 4.79 Å². The molecule has 0 unspecified atom stereocenters. The summed E-state index contributed by atoms with van der Waals surface area (Å²) in [7, 11) is -3.56. The number of nitrogens with one attached hydrogen (secondary N) is 1. The minimum absolute atomic E-state index is 0.0768. The van der Waals surface area contributed by atoms with E-state index in [1.807, 2.05) is 31.2 Å². The second-order valence-electron chi connectivity index (χ2n) is 6.48. The zero-order valence-corrected chi connectivity index (χ0v) is 16.1. The first-order valence-electron chi connectivity index (χ1n) is 8.47. The van der Waals surface area contributed by atoms with E-state index in [1.54, 1.807) is 18.2 Å². The lowest BCUT2D eigenvalue weighted by Crippen LogP contribution is -2.39. The van der Waals surface area contributed by atoms with Crippen LogP contribution >= 0.6 is 0 Å². The van der Waals surface area contributed by atoms with Crippen molar-refractivity contribution in [1.29, 1.82) is 0 Å². The summed E-state index contributed by atoms with van der Waals surface area (Å²) in [5.74, 6) is 0.840. The highest BCUT2D eigenvalue weighted by Crippen LogP contribution is 2.32. The van der Waals surface area contributed by atoms with Gasteiger partial charge in [0.05, 0.1) is 12.8 Å². The summed E-state index contributed by atoms with van der Waals surface area (Å²) in [6, 6.07) is 13.0. The Bertz CT molecular complexity index is 926. The number of aryl methyl sites for hydroxylation is 1. The van der Waals surface area contributed by atoms with Crippen LogP contribution in [-0.4, -0.2) is 38.2 Å². The van der Waals surface area contributed by atoms with Crippen LogP contribution in [0.5, 0.6) is 11.5 Å². The predicted molar refractivity (Wildman–Crippen MR) is 101 cm³/mol. The second kappa shape index (κ2) is 7.98. The van der Waals surface area contributed by atoms with E-state index < -0.39 is 10.0 Å². The van der Waals surface area contributed by atoms with Gasteiger partial charge in [0, 0.05) is 13.1 Å². The lowest BCUT2D eigenvalue weighted by Gasteiger charge is -2.20. The molecular weight excluding hydrogens is 368 g/mol. The van der Waals surface area contributed by atoms with Crippen molar-refractivity contribution in [2.45, 2.75) is 20.0 Å². The minimum atomic E-state index is -3.56. The van der Waals surface area contributed by atoms with E-state index in [-0.39, 0.29) is 25.8 Å². The number of hydrogen-bond donors (Lipinski definition) is 1. The van der Waals surface area contributed by atoms with E-state index in [0.29, 0.717) is 18.0 Å². The number of carbonyl (C=O) groups excluding carboxylic acids is 1. The van der Waals surface area contributed by atoms with E-state index in [2.05, 4.69) is 5.32 Å². The molecular formula is C19H22N2O5S. The molecule has 0 radical (unpaired) electrons. The first-order valence-corrected chi connectivity index (χ1v) is 10.3. The van der Waals surface area contributed by atoms with Crippen LogP contribution in [0.2, 0.25) is 0 Å². The standard InChI is InChI=1S/C19H22N2O5S/c1-14-3-5-15(6-4-14)10-20-19(22)12-21(27(2,23)24)11-16-7-8-17-18(9-16)26-13-25-17/h3-9H,10-13H2,1-2H3,(H,20,22). The largest absolute Gasteiger partial charge is 0.454 e. The summed E-state index contributed by atoms with van der Waals surface area (Å²) < 4.78 is 35.9. The molecule has 1 amide bonds. The molecule has 0 atom stereocenters. The molecule has 0 spiro atoms. The fourth-order valence-electron chi connectivity index (χ4n) is 2.66. The summed E-state index contributed by atoms with van der Waals surface area (Å²) >= 11 is 0. The highest BCUT2D eigenvalue weighted by atomic mass is 32.2. The van der Waals surface area contributed by atoms with Gasteiger partial charge in [0.15, 0.2) is 11.5 Å². The highest BCUT2D eigenvalue weighted by molar-refractivity contribution is 7.88. The predicted octanol–water partition coefficient (Wildman–Crippen LogP) is 1.80. The van der Waals surface area contributed by atoms with Crippen molar-refractivity contribution in [2.24, 2.45) is 0 Å². The van der Waals surface area contributed by atoms with Gasteiger partial charge < -0.3 is 14.8 Å². The third-order valence-electron chi connectivity index (χ3n) is 4.20. The smallest absolute Gasteiger partial charge is 0.235 e. The normalized spacial score (nSPS) is 13.0. The van der Waals surface area contributed by atoms with Crippen LogP contribution < -0.4 is 14.8 Å². The first-order chi connectivity index (χ1) is 12.8. The van der Waals surface area contributed by atoms with Crippen LogP contribution in [0.4, 0.5) is 0 Å². The minimum Gasteiger partial charge on any atom is -0.454 e. The number of benzene rings is 2. The van der Waals surface area contributed by atoms with Gasteiger partial charge >= 0.3 is 0 Å². The number of sulfonamides is 1. The Kier molecular flexibility index (Phi) is 5.67. The monoisotopic (exact) mass is 390 g/mol. The average molecular weight is 390 g/mol. The molecule has 0 bridgehead atoms. The molecule has 0 aliphatic carbocycles. The second-order valence-corrected chi connectivity index (χ2v) is 8.46. The van der Waals surface area contributed by atoms with Crippen LogP contribution in [-0.2, 0) is 27.9 Å². The van der Waals surface area contributed by atoms with Crippen molar-refractivity contribution in [2.75, 3.05) is 19.6 Å². The Balaban J connectivity index is 1.62. The van der Waals surface area contributed by atoms with Crippen molar-refractivity contribution in [3.8, 4) is 11.5 Å². The van der Waals surface area contributed by atoms with Crippen LogP contribution in [0.15, 0.2) is 42.5 Å². The zero-order valence-electron chi connectivity index (χ0n) is 15.3. The number of rotatable bonds is 7. The fraction of sp³-hybridized carbons (Fsp3) is 0.316. The average Bonchev–Trinajstić information content (AvgIpc) is 3.07. The molecule has 0 aromatic heterocycles. The summed E-state index contributed by atoms with van der Waals surface area (Å²) in [4.78, 5) is 12.3. The topological polar surface area (TPSA) is 84.9 Å². The summed E-state index contributed by atoms with van der Waals surface area (Å²) in [6.45, 7) is 2.31. The quantitative estimate of drug-likeness (QED) is 0.779. The van der Waals surface area contributed by atoms with Gasteiger partial charge in [-0.15, -0.1) is 0 Å². The number of amides is 1. The van der Waals surface area contributed by atoms with E-state index in [4.69, 9.17) is 9.47 Å². The van der Waals surface area contributed by atoms with Gasteiger partial charge in [-0.25, -0.2) is 8.42 Å². The molecule has 1 heterocycles. The van der Waals surface area contributed by atoms with Crippen LogP contribution in [0.3, 0.4) is 0 Å². The maximum atomic E-state index is 12.3. The molecule has 0 saturated carbocycles. The number of fused-ring (bicyclic) bond motifs is 1. The molecule has 144 valence electrons. The summed E-state index contributed by atoms with van der Waals surface area (Å²) in [6.07, 6.45) is 1.09. The number of hydrogen-bond acceptors (Lipinski definition) is 5. The molecule has 27 heavy (non-hydrogen) atoms. The molecule has 0 saturated heterocycles. The maximum absolute atomic E-state index is 12.3. The Labute approximate surface area is 158 Å². The van der Waals surface area contributed by atoms with Gasteiger partial charge in [0.2, 0.25) is 22.7 Å². The molecule has 2 aromatic rings. The van der Waals surface area contributed by atoms with Crippen LogP contribution in [0, 0.1) is 6.92 Å². The highest BCUT2D eigenvalue weighted by Gasteiger charge is 2.22. The Morgan fingerprint density at radius 3 is 2.44 bits per heavy atom. The lowest BCUT2D eigenvalue weighted by atomic mass is 10.1. The van der Waals surface area contributed by atoms with E-state index in [1.165, 1.54) is 0 Å². The Hall–Kier alpha value is -2.58. The van der Waals surface area contributed by atoms with Crippen molar-refractivity contribution < 1.29 is 22.7 Å². The van der Waals surface area contributed by atoms with E-state index >= 15 is 0 Å². The maximum Gasteiger partial charge on any atom is 0.235 e. The van der Waals surface area contributed by atoms with Crippen molar-refractivity contribution in [3.63, 3.8) is 0 Å². The molecule has 2 aromatic carbocycles. The summed E-state index contributed by atoms with van der Waals surface area (Å²) in [5, 5.41) is 2.76. The molecule has 1 aliphatic rings. The van der Waals surface area contributed by atoms with Crippen molar-refractivity contribution >= 4 is 15.9 Å². The van der Waals surface area contributed by atoms with Gasteiger partial charge in [-0.05, 0) is 30.2 Å². The molecule has 3 rings (SSSR count). The third kappa shape index (κ3) is 5.21. The van der Waals surface area contributed by atoms with Gasteiger partial charge in [-0.1, -0.05) is 35.9 Å². The molecule has 7 nitrogen and oxygen atoms in total. The zero-order chi connectivity index (χ0) is 19.4. The van der Waals surface area contributed by atoms with Crippen molar-refractivity contribution in [1.82, 2.24) is 9.62 Å².